The number of benzene rings is 1. The van der Waals surface area contributed by atoms with Gasteiger partial charge in [0.15, 0.2) is 0 Å². The van der Waals surface area contributed by atoms with Crippen molar-refractivity contribution in [1.82, 2.24) is 13.9 Å². The first-order valence-electron chi connectivity index (χ1n) is 11.3. The van der Waals surface area contributed by atoms with Gasteiger partial charge in [0.05, 0.1) is 29.0 Å². The Kier molecular flexibility index (Phi) is 6.35. The van der Waals surface area contributed by atoms with Crippen LogP contribution < -0.4 is 0 Å². The summed E-state index contributed by atoms with van der Waals surface area (Å²) in [7, 11) is -2.38. The van der Waals surface area contributed by atoms with E-state index in [1.807, 2.05) is 6.07 Å². The van der Waals surface area contributed by atoms with Gasteiger partial charge in [-0.2, -0.15) is 4.31 Å². The lowest BCUT2D eigenvalue weighted by molar-refractivity contribution is -0.144. The third-order valence-corrected chi connectivity index (χ3v) is 8.36. The Morgan fingerprint density at radius 1 is 1.22 bits per heavy atom. The molecular weight excluding hydrogens is 430 g/mol. The van der Waals surface area contributed by atoms with E-state index in [-0.39, 0.29) is 22.8 Å². The Morgan fingerprint density at radius 2 is 1.94 bits per heavy atom. The smallest absolute Gasteiger partial charge is 0.310 e. The summed E-state index contributed by atoms with van der Waals surface area (Å²) in [6, 6.07) is 5.21. The first-order valence-corrected chi connectivity index (χ1v) is 12.7. The Hall–Kier alpha value is -1.97. The number of carbonyl (C=O) groups excluding carboxylic acids is 1. The van der Waals surface area contributed by atoms with Gasteiger partial charge >= 0.3 is 5.97 Å². The number of imidazole rings is 1. The molecule has 0 radical (unpaired) electrons. The third-order valence-electron chi connectivity index (χ3n) is 6.50. The van der Waals surface area contributed by atoms with Gasteiger partial charge in [-0.05, 0) is 43.4 Å². The van der Waals surface area contributed by atoms with Crippen LogP contribution in [0.15, 0.2) is 23.1 Å². The summed E-state index contributed by atoms with van der Waals surface area (Å²) < 4.78 is 40.5. The fourth-order valence-electron chi connectivity index (χ4n) is 4.67. The second-order valence-corrected chi connectivity index (χ2v) is 11.8. The summed E-state index contributed by atoms with van der Waals surface area (Å²) in [4.78, 5) is 16.9. The summed E-state index contributed by atoms with van der Waals surface area (Å²) >= 11 is 0. The minimum Gasteiger partial charge on any atom is -0.469 e. The largest absolute Gasteiger partial charge is 0.469 e. The number of fused-ring (bicyclic) bond motifs is 1. The summed E-state index contributed by atoms with van der Waals surface area (Å²) in [5.74, 6) is 0.704. The van der Waals surface area contributed by atoms with Crippen molar-refractivity contribution in [1.29, 1.82) is 0 Å². The SMILES string of the molecule is COC(=O)C1CCN(S(=O)(=O)c2ccc3c(c2)nc(C(C)(C)C)n3CC2CCOCC2)C1. The highest BCUT2D eigenvalue weighted by atomic mass is 32.2. The minimum atomic E-state index is -3.71. The monoisotopic (exact) mass is 463 g/mol. The van der Waals surface area contributed by atoms with Crippen LogP contribution in [0.2, 0.25) is 0 Å². The maximum absolute atomic E-state index is 13.3. The van der Waals surface area contributed by atoms with E-state index in [4.69, 9.17) is 14.5 Å². The number of nitrogens with zero attached hydrogens (tertiary/aromatic N) is 3. The molecule has 8 nitrogen and oxygen atoms in total. The molecule has 0 spiro atoms. The molecule has 1 aromatic heterocycles. The van der Waals surface area contributed by atoms with Crippen molar-refractivity contribution in [2.24, 2.45) is 11.8 Å². The summed E-state index contributed by atoms with van der Waals surface area (Å²) in [6.45, 7) is 9.27. The van der Waals surface area contributed by atoms with E-state index in [0.29, 0.717) is 24.4 Å². The fraction of sp³-hybridized carbons (Fsp3) is 0.652. The zero-order valence-corrected chi connectivity index (χ0v) is 20.2. The molecule has 1 aromatic carbocycles. The molecule has 9 heteroatoms. The zero-order valence-electron chi connectivity index (χ0n) is 19.3. The van der Waals surface area contributed by atoms with E-state index >= 15 is 0 Å². The van der Waals surface area contributed by atoms with Gasteiger partial charge in [0.1, 0.15) is 5.82 Å². The molecule has 2 aliphatic heterocycles. The molecule has 1 atom stereocenters. The molecule has 2 aromatic rings. The minimum absolute atomic E-state index is 0.151. The Bertz CT molecular complexity index is 1100. The highest BCUT2D eigenvalue weighted by Crippen LogP contribution is 2.32. The van der Waals surface area contributed by atoms with Crippen molar-refractivity contribution in [2.45, 2.75) is 56.9 Å². The average molecular weight is 464 g/mol. The molecule has 2 saturated heterocycles. The number of esters is 1. The van der Waals surface area contributed by atoms with Crippen molar-refractivity contribution in [3.05, 3.63) is 24.0 Å². The molecule has 0 aliphatic carbocycles. The maximum Gasteiger partial charge on any atom is 0.310 e. The Balaban J connectivity index is 1.67. The van der Waals surface area contributed by atoms with Gasteiger partial charge in [-0.25, -0.2) is 13.4 Å². The van der Waals surface area contributed by atoms with Crippen LogP contribution in [0.25, 0.3) is 11.0 Å². The van der Waals surface area contributed by atoms with E-state index in [9.17, 15) is 13.2 Å². The molecule has 4 rings (SSSR count). The van der Waals surface area contributed by atoms with Crippen molar-refractivity contribution in [3.63, 3.8) is 0 Å². The quantitative estimate of drug-likeness (QED) is 0.633. The number of carbonyl (C=O) groups is 1. The maximum atomic E-state index is 13.3. The van der Waals surface area contributed by atoms with E-state index in [1.165, 1.54) is 11.4 Å². The normalized spacial score (nSPS) is 21.3. The highest BCUT2D eigenvalue weighted by Gasteiger charge is 2.37. The average Bonchev–Trinajstić information content (AvgIpc) is 3.39. The van der Waals surface area contributed by atoms with Crippen LogP contribution in [0, 0.1) is 11.8 Å². The van der Waals surface area contributed by atoms with Crippen LogP contribution in [0.5, 0.6) is 0 Å². The predicted molar refractivity (Wildman–Crippen MR) is 121 cm³/mol. The second-order valence-electron chi connectivity index (χ2n) is 9.87. The van der Waals surface area contributed by atoms with E-state index in [0.717, 1.165) is 43.9 Å². The molecule has 32 heavy (non-hydrogen) atoms. The molecule has 0 N–H and O–H groups in total. The van der Waals surface area contributed by atoms with Crippen LogP contribution in [0.3, 0.4) is 0 Å². The lowest BCUT2D eigenvalue weighted by Crippen LogP contribution is -2.30. The zero-order chi connectivity index (χ0) is 23.1. The van der Waals surface area contributed by atoms with Crippen molar-refractivity contribution >= 4 is 27.0 Å². The molecule has 0 bridgehead atoms. The van der Waals surface area contributed by atoms with Gasteiger partial charge < -0.3 is 14.0 Å². The number of hydrogen-bond donors (Lipinski definition) is 0. The summed E-state index contributed by atoms with van der Waals surface area (Å²) in [5, 5.41) is 0. The molecule has 0 saturated carbocycles. The number of aromatic nitrogens is 2. The van der Waals surface area contributed by atoms with Crippen molar-refractivity contribution < 1.29 is 22.7 Å². The lowest BCUT2D eigenvalue weighted by Gasteiger charge is -2.26. The second kappa shape index (κ2) is 8.76. The van der Waals surface area contributed by atoms with Crippen LogP contribution in [0.1, 0.15) is 45.9 Å². The lowest BCUT2D eigenvalue weighted by atomic mass is 9.94. The molecule has 0 amide bonds. The van der Waals surface area contributed by atoms with E-state index in [1.54, 1.807) is 12.1 Å². The molecule has 2 aliphatic rings. The molecule has 1 unspecified atom stereocenters. The number of sulfonamides is 1. The van der Waals surface area contributed by atoms with Crippen LogP contribution in [-0.4, -0.2) is 61.7 Å². The van der Waals surface area contributed by atoms with E-state index < -0.39 is 15.9 Å². The summed E-state index contributed by atoms with van der Waals surface area (Å²) in [5.41, 5.74) is 1.47. The molecular formula is C23H33N3O5S. The first-order chi connectivity index (χ1) is 15.1. The van der Waals surface area contributed by atoms with E-state index in [2.05, 4.69) is 25.3 Å². The first kappa shape index (κ1) is 23.2. The Labute approximate surface area is 189 Å². The van der Waals surface area contributed by atoms with Gasteiger partial charge in [-0.3, -0.25) is 4.79 Å². The third kappa shape index (κ3) is 4.43. The molecule has 176 valence electrons. The number of rotatable bonds is 5. The van der Waals surface area contributed by atoms with Gasteiger partial charge in [0.25, 0.3) is 0 Å². The highest BCUT2D eigenvalue weighted by molar-refractivity contribution is 7.89. The topological polar surface area (TPSA) is 90.7 Å². The predicted octanol–water partition coefficient (Wildman–Crippen LogP) is 2.94. The van der Waals surface area contributed by atoms with Crippen molar-refractivity contribution in [3.8, 4) is 0 Å². The van der Waals surface area contributed by atoms with Gasteiger partial charge in [-0.15, -0.1) is 0 Å². The van der Waals surface area contributed by atoms with Gasteiger partial charge in [0, 0.05) is 38.3 Å². The molecule has 2 fully saturated rings. The standard InChI is InChI=1S/C23H33N3O5S/c1-23(2,3)22-24-19-13-18(32(28,29)25-10-7-17(15-25)21(27)30-4)5-6-20(19)26(22)14-16-8-11-31-12-9-16/h5-6,13,16-17H,7-12,14-15H2,1-4H3. The van der Waals surface area contributed by atoms with Gasteiger partial charge in [-0.1, -0.05) is 20.8 Å². The fourth-order valence-corrected chi connectivity index (χ4v) is 6.19. The van der Waals surface area contributed by atoms with Crippen molar-refractivity contribution in [2.75, 3.05) is 33.4 Å². The van der Waals surface area contributed by atoms with Gasteiger partial charge in [0.2, 0.25) is 10.0 Å². The molecule has 3 heterocycles. The number of ether oxygens (including phenoxy) is 2. The Morgan fingerprint density at radius 3 is 2.59 bits per heavy atom. The number of methoxy groups -OCH3 is 1. The van der Waals surface area contributed by atoms with Crippen LogP contribution >= 0.6 is 0 Å². The van der Waals surface area contributed by atoms with Crippen LogP contribution in [-0.2, 0) is 36.3 Å². The summed E-state index contributed by atoms with van der Waals surface area (Å²) in [6.07, 6.45) is 2.51. The number of hydrogen-bond acceptors (Lipinski definition) is 6. The van der Waals surface area contributed by atoms with Crippen LogP contribution in [0.4, 0.5) is 0 Å².